The third-order valence-corrected chi connectivity index (χ3v) is 4.64. The predicted molar refractivity (Wildman–Crippen MR) is 82.5 cm³/mol. The maximum absolute atomic E-state index is 14.5. The number of alkyl halides is 2. The Bertz CT molecular complexity index is 967. The van der Waals surface area contributed by atoms with E-state index in [9.17, 15) is 22.8 Å². The van der Waals surface area contributed by atoms with Crippen LogP contribution in [0.2, 0.25) is 5.15 Å². The number of halogens is 4. The fourth-order valence-corrected chi connectivity index (χ4v) is 3.42. The Morgan fingerprint density at radius 3 is 2.52 bits per heavy atom. The zero-order valence-corrected chi connectivity index (χ0v) is 13.4. The molecule has 2 aliphatic rings. The maximum atomic E-state index is 14.5. The molecule has 1 N–H and O–H groups in total. The van der Waals surface area contributed by atoms with Gasteiger partial charge >= 0.3 is 12.0 Å². The monoisotopic (exact) mass is 373 g/mol. The first-order valence-electron chi connectivity index (χ1n) is 7.51. The third kappa shape index (κ3) is 2.33. The van der Waals surface area contributed by atoms with Gasteiger partial charge in [-0.05, 0) is 18.9 Å². The van der Waals surface area contributed by atoms with E-state index < -0.39 is 29.1 Å². The van der Waals surface area contributed by atoms with Crippen LogP contribution >= 0.6 is 11.6 Å². The van der Waals surface area contributed by atoms with Gasteiger partial charge in [0, 0.05) is 24.7 Å². The number of carbonyl (C=O) groups excluding carboxylic acids is 1. The Morgan fingerprint density at radius 1 is 1.16 bits per heavy atom. The molecule has 0 spiro atoms. The lowest BCUT2D eigenvalue weighted by atomic mass is 10.1. The third-order valence-electron chi connectivity index (χ3n) is 4.25. The van der Waals surface area contributed by atoms with Crippen LogP contribution in [0.4, 0.5) is 18.9 Å². The highest BCUT2D eigenvalue weighted by atomic mass is 35.5. The van der Waals surface area contributed by atoms with Crippen molar-refractivity contribution in [1.82, 2.24) is 9.36 Å². The van der Waals surface area contributed by atoms with Crippen molar-refractivity contribution in [1.29, 1.82) is 0 Å². The van der Waals surface area contributed by atoms with E-state index in [1.807, 2.05) is 5.32 Å². The van der Waals surface area contributed by atoms with Crippen molar-refractivity contribution in [2.75, 3.05) is 5.32 Å². The normalized spacial score (nSPS) is 18.2. The highest BCUT2D eigenvalue weighted by Gasteiger charge is 2.46. The number of nitrogens with zero attached hydrogens (tertiary/aromatic N) is 2. The number of benzene rings is 1. The van der Waals surface area contributed by atoms with Gasteiger partial charge in [-0.3, -0.25) is 14.3 Å². The maximum Gasteiger partial charge on any atom is 0.482 e. The van der Waals surface area contributed by atoms with Crippen molar-refractivity contribution in [3.05, 3.63) is 33.5 Å². The summed E-state index contributed by atoms with van der Waals surface area (Å²) in [6.07, 6.45) is -2.46. The topological polar surface area (TPSA) is 65.3 Å². The lowest BCUT2D eigenvalue weighted by Gasteiger charge is -2.25. The minimum atomic E-state index is -4.09. The fourth-order valence-electron chi connectivity index (χ4n) is 3.06. The molecule has 0 fully saturated rings. The molecule has 0 bridgehead atoms. The van der Waals surface area contributed by atoms with E-state index in [1.165, 1.54) is 4.68 Å². The van der Waals surface area contributed by atoms with E-state index >= 15 is 0 Å². The summed E-state index contributed by atoms with van der Waals surface area (Å²) in [6.45, 7) is 0.976. The number of aromatic nitrogens is 2. The molecule has 2 aromatic rings. The van der Waals surface area contributed by atoms with Crippen molar-refractivity contribution < 1.29 is 22.7 Å². The largest absolute Gasteiger partial charge is 0.482 e. The Balaban J connectivity index is 1.89. The molecule has 1 amide bonds. The second-order valence-corrected chi connectivity index (χ2v) is 6.18. The number of anilines is 1. The summed E-state index contributed by atoms with van der Waals surface area (Å²) >= 11 is 6.25. The molecular weight excluding hydrogens is 363 g/mol. The molecule has 4 rings (SSSR count). The van der Waals surface area contributed by atoms with Gasteiger partial charge in [0.25, 0.3) is 5.56 Å². The van der Waals surface area contributed by atoms with Crippen LogP contribution in [0.15, 0.2) is 16.9 Å². The van der Waals surface area contributed by atoms with Crippen LogP contribution in [0.25, 0.3) is 11.1 Å². The highest BCUT2D eigenvalue weighted by Crippen LogP contribution is 2.40. The van der Waals surface area contributed by atoms with E-state index in [2.05, 4.69) is 4.74 Å². The molecule has 1 aromatic carbocycles. The SMILES string of the molecule is O=C1Nc2cc(-c3c(Cl)n4n(c3=O)CCCC4)c(F)cc2OC1(F)F. The van der Waals surface area contributed by atoms with Crippen LogP contribution in [0.3, 0.4) is 0 Å². The second-order valence-electron chi connectivity index (χ2n) is 5.83. The Hall–Kier alpha value is -2.42. The first-order valence-corrected chi connectivity index (χ1v) is 7.88. The van der Waals surface area contributed by atoms with Crippen LogP contribution in [0.1, 0.15) is 12.8 Å². The fraction of sp³-hybridized carbons (Fsp3) is 0.333. The van der Waals surface area contributed by atoms with Crippen LogP contribution < -0.4 is 15.6 Å². The summed E-state index contributed by atoms with van der Waals surface area (Å²) in [5.41, 5.74) is -0.887. The van der Waals surface area contributed by atoms with Gasteiger partial charge in [0.15, 0.2) is 5.75 Å². The van der Waals surface area contributed by atoms with E-state index in [1.54, 1.807) is 4.68 Å². The molecule has 1 aromatic heterocycles. The zero-order chi connectivity index (χ0) is 17.9. The first-order chi connectivity index (χ1) is 11.8. The molecule has 6 nitrogen and oxygen atoms in total. The molecule has 0 atom stereocenters. The van der Waals surface area contributed by atoms with Gasteiger partial charge in [0.1, 0.15) is 11.0 Å². The lowest BCUT2D eigenvalue weighted by Crippen LogP contribution is -2.43. The van der Waals surface area contributed by atoms with Gasteiger partial charge in [-0.2, -0.15) is 8.78 Å². The average Bonchev–Trinajstić information content (AvgIpc) is 2.81. The molecule has 0 saturated carbocycles. The molecule has 0 saturated heterocycles. The summed E-state index contributed by atoms with van der Waals surface area (Å²) in [5.74, 6) is -3.14. The summed E-state index contributed by atoms with van der Waals surface area (Å²) in [5, 5.41) is 2.02. The number of fused-ring (bicyclic) bond motifs is 2. The molecule has 0 aliphatic carbocycles. The summed E-state index contributed by atoms with van der Waals surface area (Å²) in [6, 6.07) is 1.78. The molecule has 10 heteroatoms. The number of ether oxygens (including phenoxy) is 1. The number of rotatable bonds is 1. The van der Waals surface area contributed by atoms with Crippen LogP contribution in [0.5, 0.6) is 5.75 Å². The Kier molecular flexibility index (Phi) is 3.40. The van der Waals surface area contributed by atoms with E-state index in [0.717, 1.165) is 18.9 Å². The van der Waals surface area contributed by atoms with Crippen molar-refractivity contribution >= 4 is 23.2 Å². The zero-order valence-electron chi connectivity index (χ0n) is 12.6. The molecule has 3 heterocycles. The van der Waals surface area contributed by atoms with Gasteiger partial charge < -0.3 is 10.1 Å². The number of hydrogen-bond acceptors (Lipinski definition) is 3. The average molecular weight is 374 g/mol. The molecular formula is C15H11ClF3N3O3. The minimum absolute atomic E-state index is 0.0666. The van der Waals surface area contributed by atoms with Gasteiger partial charge in [0.2, 0.25) is 0 Å². The minimum Gasteiger partial charge on any atom is -0.423 e. The van der Waals surface area contributed by atoms with Crippen LogP contribution in [-0.4, -0.2) is 21.4 Å². The van der Waals surface area contributed by atoms with Crippen molar-refractivity contribution in [3.63, 3.8) is 0 Å². The Labute approximate surface area is 143 Å². The number of hydrogen-bond donors (Lipinski definition) is 1. The standard InChI is InChI=1S/C15H11ClF3N3O3/c16-12-11(13(23)22-4-2-1-3-21(12)22)7-5-9-10(6-8(7)17)25-15(18,19)14(24)20-9/h5-6H,1-4H2,(H,20,24). The highest BCUT2D eigenvalue weighted by molar-refractivity contribution is 6.32. The van der Waals surface area contributed by atoms with Gasteiger partial charge in [-0.1, -0.05) is 11.6 Å². The van der Waals surface area contributed by atoms with Crippen LogP contribution in [0, 0.1) is 5.82 Å². The molecule has 0 unspecified atom stereocenters. The smallest absolute Gasteiger partial charge is 0.423 e. The van der Waals surface area contributed by atoms with Gasteiger partial charge in [-0.25, -0.2) is 9.07 Å². The van der Waals surface area contributed by atoms with Gasteiger partial charge in [-0.15, -0.1) is 0 Å². The van der Waals surface area contributed by atoms with Crippen molar-refractivity contribution in [2.45, 2.75) is 32.0 Å². The molecule has 25 heavy (non-hydrogen) atoms. The number of amides is 1. The Morgan fingerprint density at radius 2 is 1.84 bits per heavy atom. The number of nitrogens with one attached hydrogen (secondary N) is 1. The van der Waals surface area contributed by atoms with Crippen LogP contribution in [-0.2, 0) is 17.9 Å². The second kappa shape index (κ2) is 5.29. The van der Waals surface area contributed by atoms with Crippen molar-refractivity contribution in [3.8, 4) is 16.9 Å². The predicted octanol–water partition coefficient (Wildman–Crippen LogP) is 2.83. The van der Waals surface area contributed by atoms with E-state index in [4.69, 9.17) is 11.6 Å². The summed E-state index contributed by atoms with van der Waals surface area (Å²) in [7, 11) is 0. The first kappa shape index (κ1) is 16.1. The quantitative estimate of drug-likeness (QED) is 0.836. The molecule has 0 radical (unpaired) electrons. The van der Waals surface area contributed by atoms with E-state index in [0.29, 0.717) is 19.2 Å². The molecule has 2 aliphatic heterocycles. The van der Waals surface area contributed by atoms with Gasteiger partial charge in [0.05, 0.1) is 11.3 Å². The summed E-state index contributed by atoms with van der Waals surface area (Å²) < 4.78 is 48.3. The summed E-state index contributed by atoms with van der Waals surface area (Å²) in [4.78, 5) is 23.9. The number of carbonyl (C=O) groups is 1. The van der Waals surface area contributed by atoms with E-state index in [-0.39, 0.29) is 22.0 Å². The molecule has 132 valence electrons. The van der Waals surface area contributed by atoms with Crippen molar-refractivity contribution in [2.24, 2.45) is 0 Å². The lowest BCUT2D eigenvalue weighted by molar-refractivity contribution is -0.189.